The summed E-state index contributed by atoms with van der Waals surface area (Å²) < 4.78 is 23.5. The van der Waals surface area contributed by atoms with Crippen LogP contribution in [0.25, 0.3) is 0 Å². The molecule has 0 aliphatic carbocycles. The van der Waals surface area contributed by atoms with Crippen LogP contribution in [0, 0.1) is 5.82 Å². The zero-order chi connectivity index (χ0) is 17.0. The van der Waals surface area contributed by atoms with Crippen molar-refractivity contribution in [2.24, 2.45) is 0 Å². The number of aromatic nitrogens is 2. The Bertz CT molecular complexity index is 719. The Hall–Kier alpha value is -2.41. The van der Waals surface area contributed by atoms with Gasteiger partial charge < -0.3 is 9.47 Å². The molecule has 1 aromatic carbocycles. The zero-order valence-electron chi connectivity index (χ0n) is 12.8. The van der Waals surface area contributed by atoms with E-state index in [1.54, 1.807) is 45.0 Å². The standard InChI is InChI=1S/C15H15ClFN3O3/c1-15(2,3)23-14(21)19-9-5-4-6-10(7-9)22-13-18-8-11(17)12(16)20-13/h4-8H,1-3H3,(H,19,21). The Labute approximate surface area is 137 Å². The highest BCUT2D eigenvalue weighted by atomic mass is 35.5. The first-order valence-corrected chi connectivity index (χ1v) is 7.07. The topological polar surface area (TPSA) is 73.3 Å². The van der Waals surface area contributed by atoms with Crippen LogP contribution in [0.4, 0.5) is 14.9 Å². The Morgan fingerprint density at radius 1 is 1.35 bits per heavy atom. The Kier molecular flexibility index (Phi) is 5.00. The number of ether oxygens (including phenoxy) is 2. The first-order chi connectivity index (χ1) is 10.7. The van der Waals surface area contributed by atoms with Gasteiger partial charge in [-0.3, -0.25) is 5.32 Å². The van der Waals surface area contributed by atoms with E-state index in [0.717, 1.165) is 6.20 Å². The molecule has 0 atom stereocenters. The van der Waals surface area contributed by atoms with E-state index in [4.69, 9.17) is 21.1 Å². The summed E-state index contributed by atoms with van der Waals surface area (Å²) >= 11 is 5.56. The molecular formula is C15H15ClFN3O3. The predicted octanol–water partition coefficient (Wildman–Crippen LogP) is 4.41. The molecule has 0 saturated carbocycles. The normalized spacial score (nSPS) is 11.0. The molecule has 2 rings (SSSR count). The van der Waals surface area contributed by atoms with Crippen molar-refractivity contribution in [1.82, 2.24) is 9.97 Å². The molecule has 1 N–H and O–H groups in total. The first kappa shape index (κ1) is 17.0. The average Bonchev–Trinajstić information content (AvgIpc) is 2.41. The molecule has 0 unspecified atom stereocenters. The fourth-order valence-corrected chi connectivity index (χ4v) is 1.67. The van der Waals surface area contributed by atoms with Crippen LogP contribution in [-0.4, -0.2) is 21.7 Å². The molecule has 6 nitrogen and oxygen atoms in total. The summed E-state index contributed by atoms with van der Waals surface area (Å²) in [6.07, 6.45) is 0.323. The van der Waals surface area contributed by atoms with Gasteiger partial charge in [0.05, 0.1) is 6.20 Å². The molecule has 0 spiro atoms. The number of carbonyl (C=O) groups is 1. The van der Waals surface area contributed by atoms with Crippen molar-refractivity contribution in [3.05, 3.63) is 41.4 Å². The summed E-state index contributed by atoms with van der Waals surface area (Å²) in [6.45, 7) is 5.30. The van der Waals surface area contributed by atoms with E-state index in [0.29, 0.717) is 11.4 Å². The minimum absolute atomic E-state index is 0.106. The summed E-state index contributed by atoms with van der Waals surface area (Å²) in [5.41, 5.74) is -0.137. The molecule has 0 aliphatic rings. The zero-order valence-corrected chi connectivity index (χ0v) is 13.5. The maximum absolute atomic E-state index is 13.0. The highest BCUT2D eigenvalue weighted by molar-refractivity contribution is 6.29. The van der Waals surface area contributed by atoms with Crippen molar-refractivity contribution >= 4 is 23.4 Å². The molecule has 1 amide bonds. The average molecular weight is 340 g/mol. The van der Waals surface area contributed by atoms with E-state index in [-0.39, 0.29) is 11.2 Å². The number of benzene rings is 1. The number of anilines is 1. The summed E-state index contributed by atoms with van der Waals surface area (Å²) in [4.78, 5) is 19.0. The molecule has 1 heterocycles. The molecular weight excluding hydrogens is 325 g/mol. The van der Waals surface area contributed by atoms with Crippen LogP contribution >= 0.6 is 11.6 Å². The van der Waals surface area contributed by atoms with E-state index in [2.05, 4.69) is 15.3 Å². The maximum atomic E-state index is 13.0. The van der Waals surface area contributed by atoms with Crippen molar-refractivity contribution in [2.45, 2.75) is 26.4 Å². The summed E-state index contributed by atoms with van der Waals surface area (Å²) in [6, 6.07) is 6.39. The molecule has 0 aliphatic heterocycles. The van der Waals surface area contributed by atoms with Crippen LogP contribution < -0.4 is 10.1 Å². The molecule has 0 bridgehead atoms. The fraction of sp³-hybridized carbons (Fsp3) is 0.267. The lowest BCUT2D eigenvalue weighted by Crippen LogP contribution is -2.27. The number of rotatable bonds is 3. The number of nitrogens with zero attached hydrogens (tertiary/aromatic N) is 2. The Morgan fingerprint density at radius 3 is 2.74 bits per heavy atom. The van der Waals surface area contributed by atoms with Gasteiger partial charge in [0.1, 0.15) is 11.4 Å². The smallest absolute Gasteiger partial charge is 0.412 e. The molecule has 0 saturated heterocycles. The van der Waals surface area contributed by atoms with Crippen LogP contribution in [0.3, 0.4) is 0 Å². The van der Waals surface area contributed by atoms with Crippen molar-refractivity contribution < 1.29 is 18.7 Å². The van der Waals surface area contributed by atoms with Gasteiger partial charge in [-0.25, -0.2) is 14.2 Å². The quantitative estimate of drug-likeness (QED) is 0.838. The lowest BCUT2D eigenvalue weighted by atomic mass is 10.2. The number of hydrogen-bond acceptors (Lipinski definition) is 5. The molecule has 23 heavy (non-hydrogen) atoms. The van der Waals surface area contributed by atoms with Gasteiger partial charge in [0, 0.05) is 11.8 Å². The Morgan fingerprint density at radius 2 is 2.09 bits per heavy atom. The summed E-state index contributed by atoms with van der Waals surface area (Å²) in [5, 5.41) is 2.24. The number of halogens is 2. The first-order valence-electron chi connectivity index (χ1n) is 6.69. The third kappa shape index (κ3) is 5.37. The summed E-state index contributed by atoms with van der Waals surface area (Å²) in [5.74, 6) is -0.388. The third-order valence-electron chi connectivity index (χ3n) is 2.37. The maximum Gasteiger partial charge on any atom is 0.412 e. The van der Waals surface area contributed by atoms with Crippen LogP contribution in [0.2, 0.25) is 5.15 Å². The van der Waals surface area contributed by atoms with Crippen molar-refractivity contribution in [2.75, 3.05) is 5.32 Å². The van der Waals surface area contributed by atoms with Crippen LogP contribution in [0.1, 0.15) is 20.8 Å². The summed E-state index contributed by atoms with van der Waals surface area (Å²) in [7, 11) is 0. The van der Waals surface area contributed by atoms with E-state index < -0.39 is 17.5 Å². The minimum atomic E-state index is -0.737. The molecule has 2 aromatic rings. The van der Waals surface area contributed by atoms with Gasteiger partial charge in [0.25, 0.3) is 0 Å². The van der Waals surface area contributed by atoms with Gasteiger partial charge in [-0.15, -0.1) is 0 Å². The molecule has 0 radical (unpaired) electrons. The van der Waals surface area contributed by atoms with Crippen LogP contribution in [0.15, 0.2) is 30.5 Å². The van der Waals surface area contributed by atoms with Gasteiger partial charge in [-0.05, 0) is 32.9 Å². The molecule has 122 valence electrons. The van der Waals surface area contributed by atoms with E-state index in [9.17, 15) is 9.18 Å². The van der Waals surface area contributed by atoms with Gasteiger partial charge in [0.15, 0.2) is 11.0 Å². The highest BCUT2D eigenvalue weighted by Gasteiger charge is 2.16. The lowest BCUT2D eigenvalue weighted by molar-refractivity contribution is 0.0636. The highest BCUT2D eigenvalue weighted by Crippen LogP contribution is 2.23. The van der Waals surface area contributed by atoms with Crippen LogP contribution in [-0.2, 0) is 4.74 Å². The third-order valence-corrected chi connectivity index (χ3v) is 2.63. The fourth-order valence-electron chi connectivity index (χ4n) is 1.54. The van der Waals surface area contributed by atoms with Crippen molar-refractivity contribution in [1.29, 1.82) is 0 Å². The SMILES string of the molecule is CC(C)(C)OC(=O)Nc1cccc(Oc2ncc(F)c(Cl)n2)c1. The second kappa shape index (κ2) is 6.78. The predicted molar refractivity (Wildman–Crippen MR) is 83.4 cm³/mol. The van der Waals surface area contributed by atoms with Gasteiger partial charge in [0.2, 0.25) is 0 Å². The molecule has 1 aromatic heterocycles. The lowest BCUT2D eigenvalue weighted by Gasteiger charge is -2.19. The van der Waals surface area contributed by atoms with Gasteiger partial charge >= 0.3 is 12.1 Å². The number of amides is 1. The van der Waals surface area contributed by atoms with Gasteiger partial charge in [-0.2, -0.15) is 4.98 Å². The largest absolute Gasteiger partial charge is 0.444 e. The monoisotopic (exact) mass is 339 g/mol. The number of carbonyl (C=O) groups excluding carboxylic acids is 1. The van der Waals surface area contributed by atoms with Crippen molar-refractivity contribution in [3.63, 3.8) is 0 Å². The number of nitrogens with one attached hydrogen (secondary N) is 1. The van der Waals surface area contributed by atoms with E-state index in [1.807, 2.05) is 0 Å². The van der Waals surface area contributed by atoms with Gasteiger partial charge in [-0.1, -0.05) is 17.7 Å². The van der Waals surface area contributed by atoms with E-state index in [1.165, 1.54) is 0 Å². The van der Waals surface area contributed by atoms with E-state index >= 15 is 0 Å². The molecule has 0 fully saturated rings. The Balaban J connectivity index is 2.07. The second-order valence-corrected chi connectivity index (χ2v) is 5.91. The number of hydrogen-bond donors (Lipinski definition) is 1. The molecule has 8 heteroatoms. The van der Waals surface area contributed by atoms with Crippen molar-refractivity contribution in [3.8, 4) is 11.8 Å². The second-order valence-electron chi connectivity index (χ2n) is 5.55. The minimum Gasteiger partial charge on any atom is -0.444 e. The van der Waals surface area contributed by atoms with Crippen LogP contribution in [0.5, 0.6) is 11.8 Å².